The number of rotatable bonds is 2. The van der Waals surface area contributed by atoms with Crippen LogP contribution in [0, 0.1) is 10.5 Å². The Morgan fingerprint density at radius 3 is 2.59 bits per heavy atom. The Morgan fingerprint density at radius 1 is 1.24 bits per heavy atom. The number of hydrogen-bond donors (Lipinski definition) is 0. The molecule has 2 aromatic rings. The van der Waals surface area contributed by atoms with Crippen LogP contribution in [0.25, 0.3) is 11.4 Å². The van der Waals surface area contributed by atoms with E-state index in [2.05, 4.69) is 32.6 Å². The third kappa shape index (κ3) is 2.52. The fourth-order valence-corrected chi connectivity index (χ4v) is 1.93. The second kappa shape index (κ2) is 5.18. The first-order valence-corrected chi connectivity index (χ1v) is 6.42. The van der Waals surface area contributed by atoms with Crippen molar-refractivity contribution in [2.45, 2.75) is 6.92 Å². The molecule has 0 N–H and O–H groups in total. The quantitative estimate of drug-likeness (QED) is 0.605. The lowest BCUT2D eigenvalue weighted by molar-refractivity contribution is 0.416. The molecule has 0 aliphatic heterocycles. The SMILES string of the molecule is COc1ccccc1-c1nc(C)c(I)c(Cl)n1. The molecule has 0 aliphatic carbocycles. The lowest BCUT2D eigenvalue weighted by Crippen LogP contribution is -1.98. The lowest BCUT2D eigenvalue weighted by Gasteiger charge is -2.08. The normalized spacial score (nSPS) is 10.4. The van der Waals surface area contributed by atoms with Crippen molar-refractivity contribution in [2.75, 3.05) is 7.11 Å². The molecule has 3 nitrogen and oxygen atoms in total. The third-order valence-electron chi connectivity index (χ3n) is 2.32. The summed E-state index contributed by atoms with van der Waals surface area (Å²) < 4.78 is 6.16. The Labute approximate surface area is 118 Å². The number of hydrogen-bond acceptors (Lipinski definition) is 3. The average molecular weight is 361 g/mol. The summed E-state index contributed by atoms with van der Waals surface area (Å²) in [7, 11) is 1.62. The van der Waals surface area contributed by atoms with Gasteiger partial charge in [-0.05, 0) is 41.6 Å². The van der Waals surface area contributed by atoms with Crippen LogP contribution in [-0.2, 0) is 0 Å². The monoisotopic (exact) mass is 360 g/mol. The highest BCUT2D eigenvalue weighted by atomic mass is 127. The minimum Gasteiger partial charge on any atom is -0.496 e. The molecule has 0 fully saturated rings. The van der Waals surface area contributed by atoms with Gasteiger partial charge in [0.05, 0.1) is 21.9 Å². The molecule has 0 bridgehead atoms. The van der Waals surface area contributed by atoms with Crippen molar-refractivity contribution in [3.63, 3.8) is 0 Å². The van der Waals surface area contributed by atoms with Crippen LogP contribution < -0.4 is 4.74 Å². The van der Waals surface area contributed by atoms with Gasteiger partial charge in [-0.3, -0.25) is 0 Å². The molecule has 0 radical (unpaired) electrons. The fraction of sp³-hybridized carbons (Fsp3) is 0.167. The van der Waals surface area contributed by atoms with Gasteiger partial charge in [-0.1, -0.05) is 23.7 Å². The van der Waals surface area contributed by atoms with E-state index in [0.717, 1.165) is 20.6 Å². The molecule has 0 saturated heterocycles. The topological polar surface area (TPSA) is 35.0 Å². The highest BCUT2D eigenvalue weighted by molar-refractivity contribution is 14.1. The molecule has 2 rings (SSSR count). The van der Waals surface area contributed by atoms with Gasteiger partial charge in [0.1, 0.15) is 10.9 Å². The van der Waals surface area contributed by atoms with Gasteiger partial charge >= 0.3 is 0 Å². The number of aryl methyl sites for hydroxylation is 1. The van der Waals surface area contributed by atoms with Crippen molar-refractivity contribution in [1.82, 2.24) is 9.97 Å². The standard InChI is InChI=1S/C12H10ClIN2O/c1-7-10(14)11(13)16-12(15-7)8-5-3-4-6-9(8)17-2/h3-6H,1-2H3. The molecule has 1 aromatic heterocycles. The summed E-state index contributed by atoms with van der Waals surface area (Å²) in [6, 6.07) is 7.61. The van der Waals surface area contributed by atoms with E-state index in [9.17, 15) is 0 Å². The molecule has 0 spiro atoms. The predicted octanol–water partition coefficient (Wildman–Crippen LogP) is 3.72. The zero-order chi connectivity index (χ0) is 12.4. The van der Waals surface area contributed by atoms with Gasteiger partial charge in [0.15, 0.2) is 5.82 Å². The van der Waals surface area contributed by atoms with Gasteiger partial charge in [0, 0.05) is 0 Å². The van der Waals surface area contributed by atoms with Crippen LogP contribution in [0.5, 0.6) is 5.75 Å². The van der Waals surface area contributed by atoms with E-state index in [1.165, 1.54) is 0 Å². The van der Waals surface area contributed by atoms with Crippen molar-refractivity contribution in [1.29, 1.82) is 0 Å². The molecule has 0 unspecified atom stereocenters. The summed E-state index contributed by atoms with van der Waals surface area (Å²) in [5, 5.41) is 0.471. The van der Waals surface area contributed by atoms with Crippen LogP contribution in [0.4, 0.5) is 0 Å². The van der Waals surface area contributed by atoms with Gasteiger partial charge in [0.25, 0.3) is 0 Å². The van der Waals surface area contributed by atoms with Crippen molar-refractivity contribution >= 4 is 34.2 Å². The Morgan fingerprint density at radius 2 is 1.94 bits per heavy atom. The van der Waals surface area contributed by atoms with Gasteiger partial charge in [0.2, 0.25) is 0 Å². The maximum Gasteiger partial charge on any atom is 0.164 e. The van der Waals surface area contributed by atoms with Crippen molar-refractivity contribution < 1.29 is 4.74 Å². The molecule has 88 valence electrons. The summed E-state index contributed by atoms with van der Waals surface area (Å²) in [5.41, 5.74) is 1.71. The second-order valence-electron chi connectivity index (χ2n) is 3.44. The van der Waals surface area contributed by atoms with Gasteiger partial charge in [-0.25, -0.2) is 9.97 Å². The summed E-state index contributed by atoms with van der Waals surface area (Å²) in [5.74, 6) is 1.33. The van der Waals surface area contributed by atoms with Gasteiger partial charge < -0.3 is 4.74 Å². The Hall–Kier alpha value is -0.880. The van der Waals surface area contributed by atoms with E-state index in [1.54, 1.807) is 7.11 Å². The van der Waals surface area contributed by atoms with Crippen LogP contribution in [-0.4, -0.2) is 17.1 Å². The first-order valence-electron chi connectivity index (χ1n) is 4.96. The number of nitrogens with zero attached hydrogens (tertiary/aromatic N) is 2. The van der Waals surface area contributed by atoms with Crippen LogP contribution >= 0.6 is 34.2 Å². The van der Waals surface area contributed by atoms with Crippen molar-refractivity contribution in [2.24, 2.45) is 0 Å². The minimum atomic E-state index is 0.471. The van der Waals surface area contributed by atoms with E-state index in [0.29, 0.717) is 11.0 Å². The molecular weight excluding hydrogens is 351 g/mol. The zero-order valence-electron chi connectivity index (χ0n) is 9.37. The van der Waals surface area contributed by atoms with Crippen LogP contribution in [0.1, 0.15) is 5.69 Å². The van der Waals surface area contributed by atoms with Gasteiger partial charge in [-0.2, -0.15) is 0 Å². The van der Waals surface area contributed by atoms with Crippen molar-refractivity contribution in [3.8, 4) is 17.1 Å². The van der Waals surface area contributed by atoms with E-state index < -0.39 is 0 Å². The molecule has 0 saturated carbocycles. The molecule has 1 aromatic carbocycles. The number of para-hydroxylation sites is 1. The average Bonchev–Trinajstić information content (AvgIpc) is 2.35. The third-order valence-corrected chi connectivity index (χ3v) is 4.21. The van der Waals surface area contributed by atoms with E-state index in [1.807, 2.05) is 31.2 Å². The van der Waals surface area contributed by atoms with Crippen molar-refractivity contribution in [3.05, 3.63) is 38.7 Å². The molecule has 17 heavy (non-hydrogen) atoms. The first kappa shape index (κ1) is 12.6. The largest absolute Gasteiger partial charge is 0.496 e. The Balaban J connectivity index is 2.61. The lowest BCUT2D eigenvalue weighted by atomic mass is 10.2. The number of benzene rings is 1. The first-order chi connectivity index (χ1) is 8.13. The van der Waals surface area contributed by atoms with E-state index in [4.69, 9.17) is 16.3 Å². The maximum atomic E-state index is 6.07. The van der Waals surface area contributed by atoms with E-state index in [-0.39, 0.29) is 0 Å². The van der Waals surface area contributed by atoms with Gasteiger partial charge in [-0.15, -0.1) is 0 Å². The zero-order valence-corrected chi connectivity index (χ0v) is 12.3. The van der Waals surface area contributed by atoms with Crippen LogP contribution in [0.3, 0.4) is 0 Å². The molecule has 0 aliphatic rings. The molecule has 5 heteroatoms. The molecule has 0 atom stereocenters. The second-order valence-corrected chi connectivity index (χ2v) is 4.87. The summed E-state index contributed by atoms with van der Waals surface area (Å²) >= 11 is 8.20. The number of aromatic nitrogens is 2. The Kier molecular flexibility index (Phi) is 3.83. The summed E-state index contributed by atoms with van der Waals surface area (Å²) in [6.07, 6.45) is 0. The summed E-state index contributed by atoms with van der Waals surface area (Å²) in [4.78, 5) is 8.71. The van der Waals surface area contributed by atoms with Crippen LogP contribution in [0.2, 0.25) is 5.15 Å². The molecule has 1 heterocycles. The maximum absolute atomic E-state index is 6.07. The highest BCUT2D eigenvalue weighted by Gasteiger charge is 2.12. The van der Waals surface area contributed by atoms with Crippen LogP contribution in [0.15, 0.2) is 24.3 Å². The van der Waals surface area contributed by atoms with E-state index >= 15 is 0 Å². The predicted molar refractivity (Wildman–Crippen MR) is 76.5 cm³/mol. The Bertz CT molecular complexity index is 537. The highest BCUT2D eigenvalue weighted by Crippen LogP contribution is 2.29. The number of ether oxygens (including phenoxy) is 1. The minimum absolute atomic E-state index is 0.471. The molecular formula is C12H10ClIN2O. The smallest absolute Gasteiger partial charge is 0.164 e. The molecule has 0 amide bonds. The number of halogens is 2. The fourth-order valence-electron chi connectivity index (χ4n) is 1.47. The summed E-state index contributed by atoms with van der Waals surface area (Å²) in [6.45, 7) is 1.91. The number of methoxy groups -OCH3 is 1.